The Morgan fingerprint density at radius 3 is 2.67 bits per heavy atom. The number of amides is 1. The van der Waals surface area contributed by atoms with Crippen molar-refractivity contribution in [3.05, 3.63) is 29.8 Å². The Morgan fingerprint density at radius 2 is 2.05 bits per heavy atom. The third-order valence-electron chi connectivity index (χ3n) is 3.95. The van der Waals surface area contributed by atoms with Gasteiger partial charge in [-0.1, -0.05) is 13.0 Å². The molecule has 1 saturated heterocycles. The molecule has 1 aliphatic heterocycles. The third-order valence-corrected chi connectivity index (χ3v) is 3.95. The van der Waals surface area contributed by atoms with Gasteiger partial charge in [-0.25, -0.2) is 0 Å². The predicted molar refractivity (Wildman–Crippen MR) is 87.8 cm³/mol. The summed E-state index contributed by atoms with van der Waals surface area (Å²) >= 11 is 0. The first-order valence-corrected chi connectivity index (χ1v) is 7.98. The van der Waals surface area contributed by atoms with Gasteiger partial charge in [0.2, 0.25) is 0 Å². The summed E-state index contributed by atoms with van der Waals surface area (Å²) in [6.45, 7) is 9.61. The number of hydrogen-bond donors (Lipinski definition) is 2. The van der Waals surface area contributed by atoms with Crippen LogP contribution in [0, 0.1) is 0 Å². The van der Waals surface area contributed by atoms with Gasteiger partial charge in [0.05, 0.1) is 0 Å². The molecular formula is C17H27N3O. The van der Waals surface area contributed by atoms with Crippen LogP contribution < -0.4 is 10.6 Å². The zero-order valence-electron chi connectivity index (χ0n) is 13.4. The van der Waals surface area contributed by atoms with Gasteiger partial charge in [0.25, 0.3) is 5.91 Å². The van der Waals surface area contributed by atoms with E-state index in [1.54, 1.807) is 0 Å². The van der Waals surface area contributed by atoms with Crippen molar-refractivity contribution in [2.75, 3.05) is 25.0 Å². The number of benzene rings is 1. The lowest BCUT2D eigenvalue weighted by molar-refractivity contribution is 0.0943. The highest BCUT2D eigenvalue weighted by Gasteiger charge is 2.18. The molecule has 1 amide bonds. The molecule has 0 atom stereocenters. The molecule has 0 unspecified atom stereocenters. The maximum Gasteiger partial charge on any atom is 0.251 e. The van der Waals surface area contributed by atoms with Gasteiger partial charge < -0.3 is 15.5 Å². The summed E-state index contributed by atoms with van der Waals surface area (Å²) in [6, 6.07) is 8.47. The molecule has 1 aromatic carbocycles. The molecular weight excluding hydrogens is 262 g/mol. The average Bonchev–Trinajstić information content (AvgIpc) is 2.47. The number of anilines is 1. The average molecular weight is 289 g/mol. The van der Waals surface area contributed by atoms with E-state index in [1.165, 1.54) is 0 Å². The van der Waals surface area contributed by atoms with Crippen molar-refractivity contribution in [2.45, 2.75) is 45.7 Å². The second kappa shape index (κ2) is 7.46. The van der Waals surface area contributed by atoms with E-state index in [1.807, 2.05) is 38.1 Å². The van der Waals surface area contributed by atoms with Gasteiger partial charge in [-0.15, -0.1) is 0 Å². The van der Waals surface area contributed by atoms with E-state index in [9.17, 15) is 4.79 Å². The van der Waals surface area contributed by atoms with Crippen LogP contribution in [-0.4, -0.2) is 42.5 Å². The number of piperidine rings is 1. The Hall–Kier alpha value is -1.55. The first-order valence-electron chi connectivity index (χ1n) is 7.98. The highest BCUT2D eigenvalue weighted by Crippen LogP contribution is 2.17. The summed E-state index contributed by atoms with van der Waals surface area (Å²) in [5.41, 5.74) is 1.76. The number of likely N-dealkylation sites (tertiary alicyclic amines) is 1. The first kappa shape index (κ1) is 15.8. The van der Waals surface area contributed by atoms with Crippen LogP contribution in [0.2, 0.25) is 0 Å². The number of hydrogen-bond acceptors (Lipinski definition) is 3. The third kappa shape index (κ3) is 4.74. The van der Waals surface area contributed by atoms with E-state index in [2.05, 4.69) is 22.5 Å². The lowest BCUT2D eigenvalue weighted by Crippen LogP contribution is -2.38. The molecule has 2 rings (SSSR count). The van der Waals surface area contributed by atoms with E-state index in [-0.39, 0.29) is 11.9 Å². The summed E-state index contributed by atoms with van der Waals surface area (Å²) in [4.78, 5) is 14.5. The van der Waals surface area contributed by atoms with Crippen LogP contribution in [0.5, 0.6) is 0 Å². The topological polar surface area (TPSA) is 44.4 Å². The van der Waals surface area contributed by atoms with Gasteiger partial charge in [0.1, 0.15) is 0 Å². The maximum atomic E-state index is 12.0. The number of nitrogens with one attached hydrogen (secondary N) is 2. The molecule has 1 aromatic rings. The predicted octanol–water partition coefficient (Wildman–Crippen LogP) is 2.72. The first-order chi connectivity index (χ1) is 10.1. The Labute approximate surface area is 127 Å². The van der Waals surface area contributed by atoms with Crippen LogP contribution >= 0.6 is 0 Å². The summed E-state index contributed by atoms with van der Waals surface area (Å²) in [5, 5.41) is 6.50. The Morgan fingerprint density at radius 1 is 1.33 bits per heavy atom. The summed E-state index contributed by atoms with van der Waals surface area (Å²) in [6.07, 6.45) is 2.33. The summed E-state index contributed by atoms with van der Waals surface area (Å²) in [5.74, 6) is -0.00514. The molecule has 0 radical (unpaired) electrons. The van der Waals surface area contributed by atoms with Gasteiger partial charge in [-0.05, 0) is 51.4 Å². The molecule has 0 aromatic heterocycles. The van der Waals surface area contributed by atoms with Crippen LogP contribution in [-0.2, 0) is 0 Å². The molecule has 0 bridgehead atoms. The van der Waals surface area contributed by atoms with Gasteiger partial charge in [-0.3, -0.25) is 4.79 Å². The van der Waals surface area contributed by atoms with E-state index in [0.717, 1.165) is 43.7 Å². The van der Waals surface area contributed by atoms with E-state index >= 15 is 0 Å². The molecule has 116 valence electrons. The molecule has 0 saturated carbocycles. The van der Waals surface area contributed by atoms with E-state index in [4.69, 9.17) is 0 Å². The van der Waals surface area contributed by atoms with Crippen molar-refractivity contribution in [3.8, 4) is 0 Å². The number of rotatable bonds is 5. The molecule has 4 nitrogen and oxygen atoms in total. The van der Waals surface area contributed by atoms with Crippen LogP contribution in [0.1, 0.15) is 44.0 Å². The van der Waals surface area contributed by atoms with Gasteiger partial charge in [0.15, 0.2) is 0 Å². The SMILES string of the molecule is CCN1CCC(Nc2cccc(C(=O)NC(C)C)c2)CC1. The van der Waals surface area contributed by atoms with Crippen molar-refractivity contribution in [1.29, 1.82) is 0 Å². The fourth-order valence-corrected chi connectivity index (χ4v) is 2.72. The Kier molecular flexibility index (Phi) is 5.62. The zero-order valence-corrected chi connectivity index (χ0v) is 13.4. The van der Waals surface area contributed by atoms with Crippen LogP contribution in [0.15, 0.2) is 24.3 Å². The summed E-state index contributed by atoms with van der Waals surface area (Å²) < 4.78 is 0. The molecule has 1 aliphatic rings. The minimum Gasteiger partial charge on any atom is -0.382 e. The molecule has 1 fully saturated rings. The fraction of sp³-hybridized carbons (Fsp3) is 0.588. The minimum atomic E-state index is -0.00514. The van der Waals surface area contributed by atoms with Gasteiger partial charge in [0, 0.05) is 36.4 Å². The van der Waals surface area contributed by atoms with Crippen molar-refractivity contribution in [3.63, 3.8) is 0 Å². The van der Waals surface area contributed by atoms with Crippen molar-refractivity contribution in [1.82, 2.24) is 10.2 Å². The minimum absolute atomic E-state index is 0.00514. The number of carbonyl (C=O) groups excluding carboxylic acids is 1. The molecule has 0 spiro atoms. The lowest BCUT2D eigenvalue weighted by atomic mass is 10.0. The number of nitrogens with zero attached hydrogens (tertiary/aromatic N) is 1. The Balaban J connectivity index is 1.94. The molecule has 2 N–H and O–H groups in total. The summed E-state index contributed by atoms with van der Waals surface area (Å²) in [7, 11) is 0. The molecule has 1 heterocycles. The second-order valence-corrected chi connectivity index (χ2v) is 6.06. The lowest BCUT2D eigenvalue weighted by Gasteiger charge is -2.32. The standard InChI is InChI=1S/C17H27N3O/c1-4-20-10-8-15(9-11-20)19-16-7-5-6-14(12-16)17(21)18-13(2)3/h5-7,12-13,15,19H,4,8-11H2,1-3H3,(H,18,21). The van der Waals surface area contributed by atoms with Crippen molar-refractivity contribution >= 4 is 11.6 Å². The quantitative estimate of drug-likeness (QED) is 0.876. The second-order valence-electron chi connectivity index (χ2n) is 6.06. The van der Waals surface area contributed by atoms with E-state index in [0.29, 0.717) is 6.04 Å². The largest absolute Gasteiger partial charge is 0.382 e. The van der Waals surface area contributed by atoms with Crippen LogP contribution in [0.4, 0.5) is 5.69 Å². The fourth-order valence-electron chi connectivity index (χ4n) is 2.72. The van der Waals surface area contributed by atoms with E-state index < -0.39 is 0 Å². The van der Waals surface area contributed by atoms with Gasteiger partial charge in [-0.2, -0.15) is 0 Å². The molecule has 0 aliphatic carbocycles. The highest BCUT2D eigenvalue weighted by molar-refractivity contribution is 5.95. The Bertz CT molecular complexity index is 465. The monoisotopic (exact) mass is 289 g/mol. The maximum absolute atomic E-state index is 12.0. The van der Waals surface area contributed by atoms with Crippen LogP contribution in [0.25, 0.3) is 0 Å². The zero-order chi connectivity index (χ0) is 15.2. The normalized spacial score (nSPS) is 17.0. The molecule has 21 heavy (non-hydrogen) atoms. The molecule has 4 heteroatoms. The number of carbonyl (C=O) groups is 1. The smallest absolute Gasteiger partial charge is 0.251 e. The van der Waals surface area contributed by atoms with Crippen molar-refractivity contribution < 1.29 is 4.79 Å². The van der Waals surface area contributed by atoms with Crippen LogP contribution in [0.3, 0.4) is 0 Å². The highest BCUT2D eigenvalue weighted by atomic mass is 16.1. The van der Waals surface area contributed by atoms with Gasteiger partial charge >= 0.3 is 0 Å². The van der Waals surface area contributed by atoms with Crippen molar-refractivity contribution in [2.24, 2.45) is 0 Å².